The van der Waals surface area contributed by atoms with Crippen LogP contribution in [0.25, 0.3) is 0 Å². The van der Waals surface area contributed by atoms with Gasteiger partial charge in [-0.25, -0.2) is 13.4 Å². The summed E-state index contributed by atoms with van der Waals surface area (Å²) < 4.78 is 25.5. The van der Waals surface area contributed by atoms with Gasteiger partial charge in [-0.15, -0.1) is 4.83 Å². The smallest absolute Gasteiger partial charge is 0.253 e. The van der Waals surface area contributed by atoms with Crippen molar-refractivity contribution in [2.45, 2.75) is 11.8 Å². The Bertz CT molecular complexity index is 554. The van der Waals surface area contributed by atoms with E-state index in [4.69, 9.17) is 0 Å². The first-order valence-electron chi connectivity index (χ1n) is 6.10. The number of likely N-dealkylation sites (N-methyl/N-ethyl adjacent to an activating group) is 1. The summed E-state index contributed by atoms with van der Waals surface area (Å²) in [6.07, 6.45) is 0. The van der Waals surface area contributed by atoms with Gasteiger partial charge in [0.25, 0.3) is 10.0 Å². The summed E-state index contributed by atoms with van der Waals surface area (Å²) in [6, 6.07) is 5.26. The number of nitrogens with zero attached hydrogens (tertiary/aromatic N) is 2. The number of piperazine rings is 1. The predicted octanol–water partition coefficient (Wildman–Crippen LogP) is 1.20. The van der Waals surface area contributed by atoms with Gasteiger partial charge in [0.2, 0.25) is 0 Å². The Balaban J connectivity index is 2.16. The van der Waals surface area contributed by atoms with Crippen LogP contribution in [0.2, 0.25) is 0 Å². The van der Waals surface area contributed by atoms with Crippen molar-refractivity contribution in [3.05, 3.63) is 28.2 Å². The lowest BCUT2D eigenvalue weighted by Gasteiger charge is -2.32. The number of hydrogen-bond acceptors (Lipinski definition) is 4. The average Bonchev–Trinajstić information content (AvgIpc) is 2.35. The van der Waals surface area contributed by atoms with Crippen molar-refractivity contribution in [1.82, 2.24) is 14.7 Å². The van der Waals surface area contributed by atoms with Crippen molar-refractivity contribution >= 4 is 26.0 Å². The molecule has 1 fully saturated rings. The van der Waals surface area contributed by atoms with Crippen molar-refractivity contribution in [3.63, 3.8) is 0 Å². The van der Waals surface area contributed by atoms with Crippen LogP contribution < -0.4 is 4.83 Å². The average molecular weight is 348 g/mol. The molecule has 19 heavy (non-hydrogen) atoms. The van der Waals surface area contributed by atoms with Gasteiger partial charge in [-0.05, 0) is 31.7 Å². The standard InChI is InChI=1S/C12H18BrN3O2S/c1-10-3-4-11(13)9-12(10)19(17,18)14-16-7-5-15(2)6-8-16/h3-4,9,14H,5-8H2,1-2H3. The maximum atomic E-state index is 12.4. The lowest BCUT2D eigenvalue weighted by atomic mass is 10.2. The topological polar surface area (TPSA) is 52.7 Å². The molecule has 0 bridgehead atoms. The van der Waals surface area contributed by atoms with Crippen molar-refractivity contribution in [1.29, 1.82) is 0 Å². The number of hydrazine groups is 1. The van der Waals surface area contributed by atoms with Crippen LogP contribution >= 0.6 is 15.9 Å². The van der Waals surface area contributed by atoms with Gasteiger partial charge in [0, 0.05) is 30.7 Å². The van der Waals surface area contributed by atoms with Gasteiger partial charge in [0.1, 0.15) is 0 Å². The Morgan fingerprint density at radius 1 is 1.21 bits per heavy atom. The normalized spacial score (nSPS) is 18.7. The van der Waals surface area contributed by atoms with E-state index in [9.17, 15) is 8.42 Å². The van der Waals surface area contributed by atoms with Crippen LogP contribution in [0.3, 0.4) is 0 Å². The van der Waals surface area contributed by atoms with Crippen LogP contribution in [0.1, 0.15) is 5.56 Å². The van der Waals surface area contributed by atoms with Crippen molar-refractivity contribution in [2.24, 2.45) is 0 Å². The second-order valence-corrected chi connectivity index (χ2v) is 7.34. The number of nitrogens with one attached hydrogen (secondary N) is 1. The van der Waals surface area contributed by atoms with Crippen molar-refractivity contribution in [3.8, 4) is 0 Å². The molecule has 1 aromatic carbocycles. The summed E-state index contributed by atoms with van der Waals surface area (Å²) in [5.41, 5.74) is 0.741. The molecule has 5 nitrogen and oxygen atoms in total. The minimum Gasteiger partial charge on any atom is -0.304 e. The van der Waals surface area contributed by atoms with E-state index < -0.39 is 10.0 Å². The third kappa shape index (κ3) is 3.76. The van der Waals surface area contributed by atoms with Crippen LogP contribution in [0.4, 0.5) is 0 Å². The molecule has 7 heteroatoms. The van der Waals surface area contributed by atoms with E-state index in [-0.39, 0.29) is 0 Å². The van der Waals surface area contributed by atoms with E-state index in [1.807, 2.05) is 13.1 Å². The fraction of sp³-hybridized carbons (Fsp3) is 0.500. The molecule has 2 rings (SSSR count). The van der Waals surface area contributed by atoms with E-state index >= 15 is 0 Å². The summed E-state index contributed by atoms with van der Waals surface area (Å²) in [6.45, 7) is 4.91. The van der Waals surface area contributed by atoms with Gasteiger partial charge in [-0.2, -0.15) is 0 Å². The highest BCUT2D eigenvalue weighted by molar-refractivity contribution is 9.10. The largest absolute Gasteiger partial charge is 0.304 e. The molecule has 106 valence electrons. The summed E-state index contributed by atoms with van der Waals surface area (Å²) in [5, 5.41) is 1.76. The highest BCUT2D eigenvalue weighted by Gasteiger charge is 2.22. The van der Waals surface area contributed by atoms with Gasteiger partial charge >= 0.3 is 0 Å². The van der Waals surface area contributed by atoms with Crippen LogP contribution in [0, 0.1) is 6.92 Å². The number of hydrogen-bond donors (Lipinski definition) is 1. The third-order valence-corrected chi connectivity index (χ3v) is 5.20. The van der Waals surface area contributed by atoms with Gasteiger partial charge in [0.15, 0.2) is 0 Å². The number of sulfonamides is 1. The Labute approximate surface area is 122 Å². The molecule has 0 saturated carbocycles. The lowest BCUT2D eigenvalue weighted by Crippen LogP contribution is -2.52. The number of benzene rings is 1. The SMILES string of the molecule is Cc1ccc(Br)cc1S(=O)(=O)NN1CCN(C)CC1. The molecule has 0 spiro atoms. The Hall–Kier alpha value is -0.470. The molecule has 1 N–H and O–H groups in total. The molecule has 1 aliphatic rings. The first kappa shape index (κ1) is 14.9. The zero-order valence-electron chi connectivity index (χ0n) is 11.1. The van der Waals surface area contributed by atoms with Crippen LogP contribution in [-0.2, 0) is 10.0 Å². The molecule has 1 aromatic rings. The summed E-state index contributed by atoms with van der Waals surface area (Å²) in [7, 11) is -1.47. The first-order chi connectivity index (χ1) is 8.88. The van der Waals surface area contributed by atoms with E-state index in [0.717, 1.165) is 23.1 Å². The van der Waals surface area contributed by atoms with Gasteiger partial charge in [0.05, 0.1) is 4.90 Å². The van der Waals surface area contributed by atoms with Gasteiger partial charge < -0.3 is 4.90 Å². The molecule has 0 unspecified atom stereocenters. The minimum atomic E-state index is -3.50. The van der Waals surface area contributed by atoms with Gasteiger partial charge in [-0.3, -0.25) is 0 Å². The van der Waals surface area contributed by atoms with E-state index in [1.54, 1.807) is 24.1 Å². The second kappa shape index (κ2) is 5.88. The zero-order chi connectivity index (χ0) is 14.0. The number of rotatable bonds is 3. The Morgan fingerprint density at radius 2 is 1.84 bits per heavy atom. The molecule has 0 radical (unpaired) electrons. The molecule has 0 aromatic heterocycles. The molecule has 0 aliphatic carbocycles. The molecule has 0 atom stereocenters. The highest BCUT2D eigenvalue weighted by atomic mass is 79.9. The fourth-order valence-corrected chi connectivity index (χ4v) is 3.89. The summed E-state index contributed by atoms with van der Waals surface area (Å²) in [4.78, 5) is 5.15. The van der Waals surface area contributed by atoms with Crippen LogP contribution in [-0.4, -0.2) is 51.6 Å². The third-order valence-electron chi connectivity index (χ3n) is 3.19. The molecule has 1 saturated heterocycles. The van der Waals surface area contributed by atoms with Crippen molar-refractivity contribution in [2.75, 3.05) is 33.2 Å². The molecule has 1 heterocycles. The second-order valence-electron chi connectivity index (χ2n) is 4.79. The molecule has 1 aliphatic heterocycles. The summed E-state index contributed by atoms with van der Waals surface area (Å²) >= 11 is 3.31. The first-order valence-corrected chi connectivity index (χ1v) is 8.38. The fourth-order valence-electron chi connectivity index (χ4n) is 1.98. The van der Waals surface area contributed by atoms with E-state index in [1.165, 1.54) is 0 Å². The van der Waals surface area contributed by atoms with Crippen LogP contribution in [0.15, 0.2) is 27.6 Å². The predicted molar refractivity (Wildman–Crippen MR) is 78.3 cm³/mol. The molecular formula is C12H18BrN3O2S. The lowest BCUT2D eigenvalue weighted by molar-refractivity contribution is 0.135. The number of aryl methyl sites for hydroxylation is 1. The highest BCUT2D eigenvalue weighted by Crippen LogP contribution is 2.20. The molecule has 0 amide bonds. The zero-order valence-corrected chi connectivity index (χ0v) is 13.5. The van der Waals surface area contributed by atoms with E-state index in [2.05, 4.69) is 25.7 Å². The van der Waals surface area contributed by atoms with E-state index in [0.29, 0.717) is 18.0 Å². The Morgan fingerprint density at radius 3 is 2.47 bits per heavy atom. The quantitative estimate of drug-likeness (QED) is 0.892. The van der Waals surface area contributed by atoms with Gasteiger partial charge in [-0.1, -0.05) is 22.0 Å². The maximum Gasteiger partial charge on any atom is 0.253 e. The summed E-state index contributed by atoms with van der Waals surface area (Å²) in [5.74, 6) is 0. The maximum absolute atomic E-state index is 12.4. The Kier molecular flexibility index (Phi) is 4.62. The van der Waals surface area contributed by atoms with Crippen LogP contribution in [0.5, 0.6) is 0 Å². The molecular weight excluding hydrogens is 330 g/mol. The number of halogens is 1. The monoisotopic (exact) mass is 347 g/mol. The minimum absolute atomic E-state index is 0.320. The van der Waals surface area contributed by atoms with Crippen molar-refractivity contribution < 1.29 is 8.42 Å².